The van der Waals surface area contributed by atoms with Crippen LogP contribution < -0.4 is 16.5 Å². The summed E-state index contributed by atoms with van der Waals surface area (Å²) in [5, 5.41) is 14.4. The number of hydrogen-bond donors (Lipinski definition) is 3. The van der Waals surface area contributed by atoms with E-state index in [1.165, 1.54) is 0 Å². The topological polar surface area (TPSA) is 101 Å². The number of nitrogens with two attached hydrogens (primary N) is 1. The summed E-state index contributed by atoms with van der Waals surface area (Å²) in [5.41, 5.74) is 6.59. The van der Waals surface area contributed by atoms with E-state index < -0.39 is 22.7 Å². The Labute approximate surface area is 211 Å². The van der Waals surface area contributed by atoms with Gasteiger partial charge in [-0.1, -0.05) is 24.2 Å². The highest BCUT2D eigenvalue weighted by molar-refractivity contribution is 14.1. The molecule has 1 amide bonds. The molecule has 0 spiro atoms. The number of amides is 1. The number of carbonyl (C=O) groups excluding carboxylic acids is 1. The highest BCUT2D eigenvalue weighted by Gasteiger charge is 2.45. The van der Waals surface area contributed by atoms with Crippen LogP contribution >= 0.6 is 56.8 Å². The van der Waals surface area contributed by atoms with Crippen molar-refractivity contribution in [1.29, 1.82) is 0 Å². The maximum Gasteiger partial charge on any atom is 0.276 e. The molecule has 1 atom stereocenters. The average molecular weight is 667 g/mol. The highest BCUT2D eigenvalue weighted by Crippen LogP contribution is 2.34. The second-order valence-corrected chi connectivity index (χ2v) is 10.5. The third kappa shape index (κ3) is 3.98. The van der Waals surface area contributed by atoms with E-state index in [0.717, 1.165) is 25.5 Å². The summed E-state index contributed by atoms with van der Waals surface area (Å²) in [6.45, 7) is 5.22. The molecule has 4 N–H and O–H groups in total. The number of piperidine rings is 1. The third-order valence-corrected chi connectivity index (χ3v) is 9.02. The zero-order valence-electron chi connectivity index (χ0n) is 16.6. The van der Waals surface area contributed by atoms with Crippen molar-refractivity contribution >= 4 is 68.4 Å². The molecule has 2 aliphatic heterocycles. The minimum Gasteiger partial charge on any atom is -0.503 e. The molecule has 4 rings (SSSR count). The van der Waals surface area contributed by atoms with Crippen LogP contribution in [0.25, 0.3) is 5.70 Å². The van der Waals surface area contributed by atoms with E-state index >= 15 is 0 Å². The number of halogens is 3. The molecule has 2 aromatic rings. The van der Waals surface area contributed by atoms with Crippen LogP contribution in [0, 0.1) is 7.14 Å². The van der Waals surface area contributed by atoms with Crippen molar-refractivity contribution in [1.82, 2.24) is 14.8 Å². The Balaban J connectivity index is 1.65. The first-order chi connectivity index (χ1) is 14.6. The van der Waals surface area contributed by atoms with Gasteiger partial charge in [-0.3, -0.25) is 9.59 Å². The number of fused-ring (bicyclic) bond motifs is 2. The minimum absolute atomic E-state index is 0.0107. The molecule has 2 aliphatic rings. The van der Waals surface area contributed by atoms with Gasteiger partial charge in [0.1, 0.15) is 5.66 Å². The Kier molecular flexibility index (Phi) is 6.32. The Morgan fingerprint density at radius 2 is 2.06 bits per heavy atom. The maximum absolute atomic E-state index is 13.0. The number of carbonyl (C=O) groups is 1. The summed E-state index contributed by atoms with van der Waals surface area (Å²) in [5.74, 6) is -0.971. The molecule has 0 saturated carbocycles. The van der Waals surface area contributed by atoms with Crippen LogP contribution in [0.2, 0.25) is 5.02 Å². The zero-order chi connectivity index (χ0) is 22.5. The van der Waals surface area contributed by atoms with Crippen molar-refractivity contribution in [3.05, 3.63) is 64.1 Å². The number of pyridine rings is 1. The van der Waals surface area contributed by atoms with E-state index in [0.29, 0.717) is 36.8 Å². The monoisotopic (exact) mass is 666 g/mol. The number of rotatable bonds is 4. The van der Waals surface area contributed by atoms with Gasteiger partial charge in [0.2, 0.25) is 5.43 Å². The fraction of sp³-hybridized carbons (Fsp3) is 0.333. The standard InChI is InChI=1S/C21H21ClI2N4O3/c1-11(26-8-12-4-5-14(23)15(22)16(12)24)13-9-27-10-21(25)6-2-3-7-28(21)20(31)17(27)19(30)18(13)29/h4-5,9,26,30H,1-3,6-8,10,25H2/t21-/m0/s1. The molecular formula is C21H21ClI2N4O3. The number of nitrogens with one attached hydrogen (secondary N) is 1. The lowest BCUT2D eigenvalue weighted by Crippen LogP contribution is -2.66. The van der Waals surface area contributed by atoms with Gasteiger partial charge in [0.15, 0.2) is 11.4 Å². The summed E-state index contributed by atoms with van der Waals surface area (Å²) < 4.78 is 3.47. The summed E-state index contributed by atoms with van der Waals surface area (Å²) in [6, 6.07) is 3.88. The summed E-state index contributed by atoms with van der Waals surface area (Å²) >= 11 is 10.7. The third-order valence-electron chi connectivity index (χ3n) is 5.86. The molecule has 164 valence electrons. The van der Waals surface area contributed by atoms with E-state index in [1.807, 2.05) is 12.1 Å². The Morgan fingerprint density at radius 1 is 1.32 bits per heavy atom. The number of nitrogens with zero attached hydrogens (tertiary/aromatic N) is 2. The number of hydrogen-bond acceptors (Lipinski definition) is 5. The van der Waals surface area contributed by atoms with Gasteiger partial charge in [0.05, 0.1) is 17.1 Å². The number of aromatic hydroxyl groups is 1. The molecule has 0 unspecified atom stereocenters. The lowest BCUT2D eigenvalue weighted by atomic mass is 9.92. The van der Waals surface area contributed by atoms with E-state index in [1.54, 1.807) is 15.7 Å². The largest absolute Gasteiger partial charge is 0.503 e. The normalized spacial score (nSPS) is 20.3. The molecular weight excluding hydrogens is 646 g/mol. The van der Waals surface area contributed by atoms with E-state index in [9.17, 15) is 14.7 Å². The predicted octanol–water partition coefficient (Wildman–Crippen LogP) is 3.47. The average Bonchev–Trinajstić information content (AvgIpc) is 2.73. The predicted molar refractivity (Wildman–Crippen MR) is 137 cm³/mol. The van der Waals surface area contributed by atoms with Gasteiger partial charge in [-0.15, -0.1) is 0 Å². The van der Waals surface area contributed by atoms with E-state index in [2.05, 4.69) is 57.1 Å². The summed E-state index contributed by atoms with van der Waals surface area (Å²) in [7, 11) is 0. The molecule has 3 heterocycles. The molecule has 1 aromatic heterocycles. The molecule has 1 fully saturated rings. The lowest BCUT2D eigenvalue weighted by Gasteiger charge is -2.48. The Morgan fingerprint density at radius 3 is 2.81 bits per heavy atom. The van der Waals surface area contributed by atoms with Crippen molar-refractivity contribution in [2.45, 2.75) is 38.0 Å². The van der Waals surface area contributed by atoms with Gasteiger partial charge in [-0.05, 0) is 76.1 Å². The van der Waals surface area contributed by atoms with Crippen LogP contribution in [-0.2, 0) is 13.1 Å². The number of benzene rings is 1. The van der Waals surface area contributed by atoms with Crippen molar-refractivity contribution in [3.63, 3.8) is 0 Å². The molecule has 0 radical (unpaired) electrons. The maximum atomic E-state index is 13.0. The van der Waals surface area contributed by atoms with Gasteiger partial charge < -0.3 is 25.6 Å². The van der Waals surface area contributed by atoms with Crippen LogP contribution in [0.15, 0.2) is 29.7 Å². The Hall–Kier alpha value is -1.31. The minimum atomic E-state index is -0.816. The van der Waals surface area contributed by atoms with Crippen LogP contribution in [0.1, 0.15) is 40.9 Å². The van der Waals surface area contributed by atoms with Gasteiger partial charge in [0, 0.05) is 32.1 Å². The second-order valence-electron chi connectivity index (χ2n) is 7.88. The molecule has 0 bridgehead atoms. The summed E-state index contributed by atoms with van der Waals surface area (Å²) in [6.07, 6.45) is 4.03. The van der Waals surface area contributed by atoms with Gasteiger partial charge in [0.25, 0.3) is 5.91 Å². The van der Waals surface area contributed by atoms with Crippen molar-refractivity contribution in [2.24, 2.45) is 5.73 Å². The first kappa shape index (κ1) is 22.9. The summed E-state index contributed by atoms with van der Waals surface area (Å²) in [4.78, 5) is 27.4. The van der Waals surface area contributed by atoms with Crippen molar-refractivity contribution in [2.75, 3.05) is 6.54 Å². The van der Waals surface area contributed by atoms with Crippen LogP contribution in [0.3, 0.4) is 0 Å². The van der Waals surface area contributed by atoms with E-state index in [4.69, 9.17) is 17.3 Å². The first-order valence-corrected chi connectivity index (χ1v) is 12.3. The lowest BCUT2D eigenvalue weighted by molar-refractivity contribution is 0.0148. The molecule has 7 nitrogen and oxygen atoms in total. The van der Waals surface area contributed by atoms with Gasteiger partial charge in [-0.25, -0.2) is 0 Å². The van der Waals surface area contributed by atoms with Crippen molar-refractivity contribution < 1.29 is 9.90 Å². The fourth-order valence-electron chi connectivity index (χ4n) is 4.16. The van der Waals surface area contributed by atoms with Crippen molar-refractivity contribution in [3.8, 4) is 5.75 Å². The zero-order valence-corrected chi connectivity index (χ0v) is 21.6. The Bertz CT molecular complexity index is 1170. The molecule has 1 aromatic carbocycles. The van der Waals surface area contributed by atoms with Gasteiger partial charge in [-0.2, -0.15) is 0 Å². The van der Waals surface area contributed by atoms with Crippen LogP contribution in [0.4, 0.5) is 0 Å². The first-order valence-electron chi connectivity index (χ1n) is 9.77. The van der Waals surface area contributed by atoms with E-state index in [-0.39, 0.29) is 11.3 Å². The van der Waals surface area contributed by atoms with Gasteiger partial charge >= 0.3 is 0 Å². The molecule has 31 heavy (non-hydrogen) atoms. The quantitative estimate of drug-likeness (QED) is 0.343. The van der Waals surface area contributed by atoms with Crippen LogP contribution in [0.5, 0.6) is 5.75 Å². The number of aromatic nitrogens is 1. The fourth-order valence-corrected chi connectivity index (χ4v) is 5.97. The molecule has 0 aliphatic carbocycles. The van der Waals surface area contributed by atoms with Crippen LogP contribution in [-0.4, -0.2) is 32.7 Å². The smallest absolute Gasteiger partial charge is 0.276 e. The second kappa shape index (κ2) is 8.56. The highest BCUT2D eigenvalue weighted by atomic mass is 127. The molecule has 1 saturated heterocycles. The molecule has 10 heteroatoms. The SMILES string of the molecule is C=C(NCc1ccc(I)c(Cl)c1I)c1cn2c(c(O)c1=O)C(=O)N1CCCC[C@@]1(N)C2.